The monoisotopic (exact) mass is 317 g/mol. The van der Waals surface area contributed by atoms with Gasteiger partial charge in [-0.2, -0.15) is 0 Å². The predicted octanol–water partition coefficient (Wildman–Crippen LogP) is 4.09. The Morgan fingerprint density at radius 3 is 2.86 bits per heavy atom. The molecule has 106 valence electrons. The van der Waals surface area contributed by atoms with Crippen LogP contribution in [0.3, 0.4) is 0 Å². The van der Waals surface area contributed by atoms with Gasteiger partial charge in [0.25, 0.3) is 5.91 Å². The standard InChI is InChI=1S/C15H12ClN3OS/c1-8-4-2-5-9(16)12(8)19-15(20)14-11(17)13-10(21-14)6-3-7-18-13/h2-7H,17H2,1H3,(H,19,20). The highest BCUT2D eigenvalue weighted by atomic mass is 35.5. The summed E-state index contributed by atoms with van der Waals surface area (Å²) in [5.41, 5.74) is 8.58. The minimum atomic E-state index is -0.272. The molecule has 2 heterocycles. The number of carbonyl (C=O) groups excluding carboxylic acids is 1. The van der Waals surface area contributed by atoms with Crippen LogP contribution < -0.4 is 11.1 Å². The number of aromatic nitrogens is 1. The van der Waals surface area contributed by atoms with Crippen molar-refractivity contribution in [2.45, 2.75) is 6.92 Å². The van der Waals surface area contributed by atoms with Crippen LogP contribution in [0.5, 0.6) is 0 Å². The van der Waals surface area contributed by atoms with E-state index in [0.29, 0.717) is 26.8 Å². The Hall–Kier alpha value is -2.11. The molecule has 0 atom stereocenters. The predicted molar refractivity (Wildman–Crippen MR) is 88.2 cm³/mol. The number of nitrogen functional groups attached to an aromatic ring is 1. The molecule has 3 aromatic rings. The third kappa shape index (κ3) is 2.46. The molecule has 0 aliphatic rings. The van der Waals surface area contributed by atoms with Gasteiger partial charge in [0.15, 0.2) is 0 Å². The summed E-state index contributed by atoms with van der Waals surface area (Å²) < 4.78 is 0.885. The molecule has 0 aliphatic carbocycles. The van der Waals surface area contributed by atoms with Gasteiger partial charge in [0.05, 0.1) is 21.1 Å². The number of carbonyl (C=O) groups is 1. The molecular weight excluding hydrogens is 306 g/mol. The van der Waals surface area contributed by atoms with Gasteiger partial charge in [-0.15, -0.1) is 11.3 Å². The average Bonchev–Trinajstić information content (AvgIpc) is 2.81. The van der Waals surface area contributed by atoms with E-state index in [1.165, 1.54) is 11.3 Å². The van der Waals surface area contributed by atoms with Crippen LogP contribution in [-0.2, 0) is 0 Å². The molecule has 0 aliphatic heterocycles. The van der Waals surface area contributed by atoms with Crippen LogP contribution in [-0.4, -0.2) is 10.9 Å². The number of benzene rings is 1. The highest BCUT2D eigenvalue weighted by Crippen LogP contribution is 2.33. The first-order valence-electron chi connectivity index (χ1n) is 6.27. The van der Waals surface area contributed by atoms with Crippen molar-refractivity contribution in [1.29, 1.82) is 0 Å². The fourth-order valence-corrected chi connectivity index (χ4v) is 3.32. The number of hydrogen-bond donors (Lipinski definition) is 2. The maximum Gasteiger partial charge on any atom is 0.268 e. The van der Waals surface area contributed by atoms with Gasteiger partial charge >= 0.3 is 0 Å². The van der Waals surface area contributed by atoms with E-state index < -0.39 is 0 Å². The number of aryl methyl sites for hydroxylation is 1. The Kier molecular flexibility index (Phi) is 3.53. The smallest absolute Gasteiger partial charge is 0.268 e. The Bertz CT molecular complexity index is 824. The van der Waals surface area contributed by atoms with Gasteiger partial charge < -0.3 is 11.1 Å². The fraction of sp³-hybridized carbons (Fsp3) is 0.0667. The summed E-state index contributed by atoms with van der Waals surface area (Å²) in [5.74, 6) is -0.272. The van der Waals surface area contributed by atoms with Crippen LogP contribution in [0, 0.1) is 6.92 Å². The van der Waals surface area contributed by atoms with E-state index >= 15 is 0 Å². The number of pyridine rings is 1. The van der Waals surface area contributed by atoms with E-state index in [4.69, 9.17) is 17.3 Å². The molecule has 21 heavy (non-hydrogen) atoms. The summed E-state index contributed by atoms with van der Waals surface area (Å²) in [6.07, 6.45) is 1.66. The molecule has 0 unspecified atom stereocenters. The molecule has 3 N–H and O–H groups in total. The lowest BCUT2D eigenvalue weighted by Crippen LogP contribution is -2.13. The van der Waals surface area contributed by atoms with Crippen LogP contribution in [0.25, 0.3) is 10.2 Å². The molecule has 0 radical (unpaired) electrons. The first-order valence-corrected chi connectivity index (χ1v) is 7.47. The number of thiophene rings is 1. The molecule has 1 amide bonds. The minimum Gasteiger partial charge on any atom is -0.396 e. The number of rotatable bonds is 2. The Morgan fingerprint density at radius 1 is 1.33 bits per heavy atom. The van der Waals surface area contributed by atoms with Crippen molar-refractivity contribution >= 4 is 50.4 Å². The second kappa shape index (κ2) is 5.35. The van der Waals surface area contributed by atoms with Crippen molar-refractivity contribution in [2.75, 3.05) is 11.1 Å². The maximum absolute atomic E-state index is 12.4. The van der Waals surface area contributed by atoms with Crippen molar-refractivity contribution in [3.8, 4) is 0 Å². The zero-order valence-electron chi connectivity index (χ0n) is 11.2. The summed E-state index contributed by atoms with van der Waals surface area (Å²) in [7, 11) is 0. The van der Waals surface area contributed by atoms with Crippen LogP contribution in [0.15, 0.2) is 36.5 Å². The second-order valence-electron chi connectivity index (χ2n) is 4.58. The Balaban J connectivity index is 2.00. The number of nitrogens with two attached hydrogens (primary N) is 1. The van der Waals surface area contributed by atoms with E-state index in [0.717, 1.165) is 10.3 Å². The number of nitrogens with one attached hydrogen (secondary N) is 1. The highest BCUT2D eigenvalue weighted by Gasteiger charge is 2.18. The maximum atomic E-state index is 12.4. The minimum absolute atomic E-state index is 0.272. The molecule has 4 nitrogen and oxygen atoms in total. The Labute approximate surface area is 130 Å². The number of amides is 1. The SMILES string of the molecule is Cc1cccc(Cl)c1NC(=O)c1sc2cccnc2c1N. The molecule has 1 aromatic carbocycles. The number of anilines is 2. The lowest BCUT2D eigenvalue weighted by atomic mass is 10.2. The van der Waals surface area contributed by atoms with Crippen molar-refractivity contribution in [2.24, 2.45) is 0 Å². The molecular formula is C15H12ClN3OS. The number of nitrogens with zero attached hydrogens (tertiary/aromatic N) is 1. The van der Waals surface area contributed by atoms with Crippen molar-refractivity contribution < 1.29 is 4.79 Å². The van der Waals surface area contributed by atoms with E-state index in [1.807, 2.05) is 31.2 Å². The normalized spacial score (nSPS) is 10.8. The van der Waals surface area contributed by atoms with Gasteiger partial charge in [-0.3, -0.25) is 9.78 Å². The lowest BCUT2D eigenvalue weighted by Gasteiger charge is -2.09. The van der Waals surface area contributed by atoms with Gasteiger partial charge in [-0.05, 0) is 30.7 Å². The average molecular weight is 318 g/mol. The molecule has 0 spiro atoms. The molecule has 3 rings (SSSR count). The van der Waals surface area contributed by atoms with Gasteiger partial charge in [0.1, 0.15) is 10.4 Å². The molecule has 2 aromatic heterocycles. The van der Waals surface area contributed by atoms with E-state index in [9.17, 15) is 4.79 Å². The quantitative estimate of drug-likeness (QED) is 0.748. The van der Waals surface area contributed by atoms with Crippen molar-refractivity contribution in [3.63, 3.8) is 0 Å². The number of hydrogen-bond acceptors (Lipinski definition) is 4. The topological polar surface area (TPSA) is 68.0 Å². The van der Waals surface area contributed by atoms with Crippen LogP contribution in [0.1, 0.15) is 15.2 Å². The summed E-state index contributed by atoms with van der Waals surface area (Å²) in [6, 6.07) is 9.17. The van der Waals surface area contributed by atoms with Gasteiger partial charge in [0, 0.05) is 6.20 Å². The van der Waals surface area contributed by atoms with Crippen LogP contribution >= 0.6 is 22.9 Å². The molecule has 0 bridgehead atoms. The zero-order chi connectivity index (χ0) is 15.0. The van der Waals surface area contributed by atoms with Crippen molar-refractivity contribution in [3.05, 3.63) is 52.0 Å². The molecule has 0 fully saturated rings. The highest BCUT2D eigenvalue weighted by molar-refractivity contribution is 7.21. The van der Waals surface area contributed by atoms with E-state index in [-0.39, 0.29) is 5.91 Å². The first-order chi connectivity index (χ1) is 10.1. The van der Waals surface area contributed by atoms with Crippen molar-refractivity contribution in [1.82, 2.24) is 4.98 Å². The second-order valence-corrected chi connectivity index (χ2v) is 6.04. The summed E-state index contributed by atoms with van der Waals surface area (Å²) >= 11 is 7.44. The lowest BCUT2D eigenvalue weighted by molar-refractivity contribution is 0.103. The van der Waals surface area contributed by atoms with Gasteiger partial charge in [0.2, 0.25) is 0 Å². The summed E-state index contributed by atoms with van der Waals surface area (Å²) in [6.45, 7) is 1.89. The third-order valence-corrected chi connectivity index (χ3v) is 4.62. The summed E-state index contributed by atoms with van der Waals surface area (Å²) in [5, 5.41) is 3.33. The molecule has 0 saturated heterocycles. The number of para-hydroxylation sites is 1. The first kappa shape index (κ1) is 13.9. The molecule has 6 heteroatoms. The van der Waals surface area contributed by atoms with Gasteiger partial charge in [-0.25, -0.2) is 0 Å². The Morgan fingerprint density at radius 2 is 2.14 bits per heavy atom. The fourth-order valence-electron chi connectivity index (χ4n) is 2.08. The number of halogens is 1. The van der Waals surface area contributed by atoms with E-state index in [1.54, 1.807) is 12.3 Å². The van der Waals surface area contributed by atoms with Gasteiger partial charge in [-0.1, -0.05) is 23.7 Å². The van der Waals surface area contributed by atoms with Crippen LogP contribution in [0.2, 0.25) is 5.02 Å². The molecule has 0 saturated carbocycles. The largest absolute Gasteiger partial charge is 0.396 e. The third-order valence-electron chi connectivity index (χ3n) is 3.15. The van der Waals surface area contributed by atoms with Crippen LogP contribution in [0.4, 0.5) is 11.4 Å². The van der Waals surface area contributed by atoms with E-state index in [2.05, 4.69) is 10.3 Å². The zero-order valence-corrected chi connectivity index (χ0v) is 12.8. The summed E-state index contributed by atoms with van der Waals surface area (Å²) in [4.78, 5) is 17.1. The number of fused-ring (bicyclic) bond motifs is 1.